The Morgan fingerprint density at radius 2 is 1.73 bits per heavy atom. The molecule has 1 N–H and O–H groups in total. The molecule has 5 rings (SSSR count). The number of piperidine rings is 1. The standard InChI is InChI=1S/C30H35N3O4/c1-21-2-11-28(29(35)31-21)33-20-25-18-23(8-10-27(25)30(33)36)7-9-26(34)19-24-5-3-22(4-6-24)12-13-32-14-16-37-17-15-32/h3-6,8,10,18,28H,1-2,7,9,11-17,19-20H2,(H,31,35). The van der Waals surface area contributed by atoms with Crippen LogP contribution in [0.15, 0.2) is 54.7 Å². The lowest BCUT2D eigenvalue weighted by atomic mass is 9.99. The van der Waals surface area contributed by atoms with Crippen molar-refractivity contribution in [2.24, 2.45) is 0 Å². The van der Waals surface area contributed by atoms with Gasteiger partial charge in [-0.1, -0.05) is 43.0 Å². The van der Waals surface area contributed by atoms with E-state index in [0.717, 1.165) is 56.0 Å². The molecule has 1 atom stereocenters. The monoisotopic (exact) mass is 501 g/mol. The average molecular weight is 502 g/mol. The minimum Gasteiger partial charge on any atom is -0.379 e. The Labute approximate surface area is 218 Å². The summed E-state index contributed by atoms with van der Waals surface area (Å²) in [5, 5.41) is 2.77. The number of benzene rings is 2. The van der Waals surface area contributed by atoms with Crippen molar-refractivity contribution in [2.45, 2.75) is 51.1 Å². The van der Waals surface area contributed by atoms with Crippen LogP contribution in [0.5, 0.6) is 0 Å². The van der Waals surface area contributed by atoms with E-state index in [0.29, 0.717) is 49.9 Å². The Bertz CT molecular complexity index is 1180. The number of hydrogen-bond acceptors (Lipinski definition) is 5. The molecule has 7 nitrogen and oxygen atoms in total. The van der Waals surface area contributed by atoms with Crippen LogP contribution in [0.2, 0.25) is 0 Å². The Morgan fingerprint density at radius 3 is 2.49 bits per heavy atom. The number of Topliss-reactive ketones (excluding diaryl/α,β-unsaturated/α-hetero) is 1. The van der Waals surface area contributed by atoms with E-state index in [4.69, 9.17) is 4.74 Å². The second-order valence-corrected chi connectivity index (χ2v) is 10.3. The Kier molecular flexibility index (Phi) is 7.82. The van der Waals surface area contributed by atoms with Gasteiger partial charge in [0.1, 0.15) is 11.8 Å². The lowest BCUT2D eigenvalue weighted by Gasteiger charge is -2.30. The highest BCUT2D eigenvalue weighted by Gasteiger charge is 2.38. The van der Waals surface area contributed by atoms with Crippen molar-refractivity contribution in [2.75, 3.05) is 32.8 Å². The first-order valence-corrected chi connectivity index (χ1v) is 13.3. The molecule has 7 heteroatoms. The number of carbonyl (C=O) groups is 3. The molecule has 0 radical (unpaired) electrons. The number of ketones is 1. The lowest BCUT2D eigenvalue weighted by molar-refractivity contribution is -0.126. The van der Waals surface area contributed by atoms with Gasteiger partial charge in [0.2, 0.25) is 5.91 Å². The molecule has 0 bridgehead atoms. The molecular weight excluding hydrogens is 466 g/mol. The predicted molar refractivity (Wildman–Crippen MR) is 141 cm³/mol. The Morgan fingerprint density at radius 1 is 1.00 bits per heavy atom. The van der Waals surface area contributed by atoms with Crippen molar-refractivity contribution in [3.8, 4) is 0 Å². The van der Waals surface area contributed by atoms with Crippen LogP contribution < -0.4 is 5.32 Å². The number of fused-ring (bicyclic) bond motifs is 1. The summed E-state index contributed by atoms with van der Waals surface area (Å²) < 4.78 is 5.41. The van der Waals surface area contributed by atoms with E-state index >= 15 is 0 Å². The normalized spacial score (nSPS) is 20.2. The van der Waals surface area contributed by atoms with Crippen LogP contribution in [0.1, 0.15) is 51.9 Å². The first kappa shape index (κ1) is 25.4. The van der Waals surface area contributed by atoms with E-state index in [1.54, 1.807) is 4.90 Å². The highest BCUT2D eigenvalue weighted by molar-refractivity contribution is 6.01. The topological polar surface area (TPSA) is 79.0 Å². The van der Waals surface area contributed by atoms with Gasteiger partial charge in [-0.3, -0.25) is 19.3 Å². The van der Waals surface area contributed by atoms with E-state index < -0.39 is 6.04 Å². The predicted octanol–water partition coefficient (Wildman–Crippen LogP) is 3.05. The van der Waals surface area contributed by atoms with Gasteiger partial charge in [-0.2, -0.15) is 0 Å². The number of morpholine rings is 1. The third-order valence-corrected chi connectivity index (χ3v) is 7.64. The molecule has 194 valence electrons. The van der Waals surface area contributed by atoms with E-state index in [2.05, 4.69) is 41.1 Å². The second kappa shape index (κ2) is 11.4. The van der Waals surface area contributed by atoms with Gasteiger partial charge in [0, 0.05) is 50.3 Å². The number of carbonyl (C=O) groups excluding carboxylic acids is 3. The summed E-state index contributed by atoms with van der Waals surface area (Å²) in [6.07, 6.45) is 3.82. The van der Waals surface area contributed by atoms with Crippen molar-refractivity contribution in [3.05, 3.63) is 82.6 Å². The van der Waals surface area contributed by atoms with Crippen LogP contribution in [0.3, 0.4) is 0 Å². The molecule has 2 fully saturated rings. The number of amides is 2. The van der Waals surface area contributed by atoms with Gasteiger partial charge in [0.05, 0.1) is 13.2 Å². The maximum absolute atomic E-state index is 12.9. The highest BCUT2D eigenvalue weighted by atomic mass is 16.5. The van der Waals surface area contributed by atoms with Crippen molar-refractivity contribution in [1.82, 2.24) is 15.1 Å². The molecule has 2 aromatic rings. The van der Waals surface area contributed by atoms with Gasteiger partial charge in [0.15, 0.2) is 0 Å². The minimum absolute atomic E-state index is 0.0984. The fraction of sp³-hybridized carbons (Fsp3) is 0.433. The van der Waals surface area contributed by atoms with Gasteiger partial charge in [-0.25, -0.2) is 0 Å². The highest BCUT2D eigenvalue weighted by Crippen LogP contribution is 2.29. The maximum Gasteiger partial charge on any atom is 0.255 e. The van der Waals surface area contributed by atoms with E-state index in [-0.39, 0.29) is 17.6 Å². The Hall–Kier alpha value is -3.29. The molecular formula is C30H35N3O4. The molecule has 0 aliphatic carbocycles. The van der Waals surface area contributed by atoms with Crippen molar-refractivity contribution < 1.29 is 19.1 Å². The van der Waals surface area contributed by atoms with Gasteiger partial charge in [-0.15, -0.1) is 0 Å². The lowest BCUT2D eigenvalue weighted by Crippen LogP contribution is -2.49. The van der Waals surface area contributed by atoms with E-state index in [1.807, 2.05) is 18.2 Å². The number of nitrogens with one attached hydrogen (secondary N) is 1. The van der Waals surface area contributed by atoms with E-state index in [1.165, 1.54) is 5.56 Å². The third-order valence-electron chi connectivity index (χ3n) is 7.64. The summed E-state index contributed by atoms with van der Waals surface area (Å²) in [5.74, 6) is -0.0505. The molecule has 0 saturated carbocycles. The summed E-state index contributed by atoms with van der Waals surface area (Å²) >= 11 is 0. The quantitative estimate of drug-likeness (QED) is 0.572. The molecule has 0 spiro atoms. The molecule has 2 aromatic carbocycles. The van der Waals surface area contributed by atoms with Gasteiger partial charge in [-0.05, 0) is 54.0 Å². The van der Waals surface area contributed by atoms with Crippen LogP contribution in [0.4, 0.5) is 0 Å². The number of hydrogen-bond donors (Lipinski definition) is 1. The largest absolute Gasteiger partial charge is 0.379 e. The molecule has 3 heterocycles. The van der Waals surface area contributed by atoms with Gasteiger partial charge < -0.3 is 15.0 Å². The summed E-state index contributed by atoms with van der Waals surface area (Å²) in [4.78, 5) is 42.1. The summed E-state index contributed by atoms with van der Waals surface area (Å²) in [5.41, 5.74) is 5.67. The zero-order valence-electron chi connectivity index (χ0n) is 21.3. The molecule has 0 aromatic heterocycles. The number of nitrogens with zero attached hydrogens (tertiary/aromatic N) is 2. The van der Waals surface area contributed by atoms with E-state index in [9.17, 15) is 14.4 Å². The van der Waals surface area contributed by atoms with Crippen LogP contribution in [-0.4, -0.2) is 66.3 Å². The third kappa shape index (κ3) is 6.17. The summed E-state index contributed by atoms with van der Waals surface area (Å²) in [6, 6.07) is 13.7. The summed E-state index contributed by atoms with van der Waals surface area (Å²) in [7, 11) is 0. The first-order valence-electron chi connectivity index (χ1n) is 13.3. The fourth-order valence-corrected chi connectivity index (χ4v) is 5.40. The van der Waals surface area contributed by atoms with Crippen LogP contribution in [0.25, 0.3) is 0 Å². The van der Waals surface area contributed by atoms with Crippen molar-refractivity contribution in [3.63, 3.8) is 0 Å². The SMILES string of the molecule is C=C1CCC(N2Cc3cc(CCC(=O)Cc4ccc(CCN5CCOCC5)cc4)ccc3C2=O)C(=O)N1. The molecule has 1 unspecified atom stereocenters. The Balaban J connectivity index is 1.10. The molecule has 2 amide bonds. The number of aryl methyl sites for hydroxylation is 1. The van der Waals surface area contributed by atoms with Crippen LogP contribution >= 0.6 is 0 Å². The maximum atomic E-state index is 12.9. The zero-order valence-corrected chi connectivity index (χ0v) is 21.3. The smallest absolute Gasteiger partial charge is 0.255 e. The van der Waals surface area contributed by atoms with Crippen molar-refractivity contribution >= 4 is 17.6 Å². The van der Waals surface area contributed by atoms with Crippen LogP contribution in [-0.2, 0) is 40.1 Å². The molecule has 3 aliphatic rings. The molecule has 2 saturated heterocycles. The minimum atomic E-state index is -0.457. The van der Waals surface area contributed by atoms with Gasteiger partial charge >= 0.3 is 0 Å². The molecule has 37 heavy (non-hydrogen) atoms. The number of ether oxygens (including phenoxy) is 1. The first-order chi connectivity index (χ1) is 18.0. The van der Waals surface area contributed by atoms with Crippen molar-refractivity contribution in [1.29, 1.82) is 0 Å². The number of rotatable bonds is 9. The second-order valence-electron chi connectivity index (χ2n) is 10.3. The summed E-state index contributed by atoms with van der Waals surface area (Å²) in [6.45, 7) is 8.92. The average Bonchev–Trinajstić information content (AvgIpc) is 3.23. The molecule has 3 aliphatic heterocycles. The number of allylic oxidation sites excluding steroid dienone is 1. The van der Waals surface area contributed by atoms with Crippen LogP contribution in [0, 0.1) is 0 Å². The van der Waals surface area contributed by atoms with Gasteiger partial charge in [0.25, 0.3) is 5.91 Å². The zero-order chi connectivity index (χ0) is 25.8. The fourth-order valence-electron chi connectivity index (χ4n) is 5.40.